The van der Waals surface area contributed by atoms with Crippen LogP contribution in [-0.4, -0.2) is 21.1 Å². The van der Waals surface area contributed by atoms with E-state index < -0.39 is 0 Å². The lowest BCUT2D eigenvalue weighted by Crippen LogP contribution is -2.10. The molecule has 0 fully saturated rings. The molecule has 2 heterocycles. The molecule has 0 spiro atoms. The number of nitrogens with one attached hydrogen (secondary N) is 1. The summed E-state index contributed by atoms with van der Waals surface area (Å²) in [4.78, 5) is 4.32. The fraction of sp³-hybridized carbons (Fsp3) is 0.455. The Bertz CT molecular complexity index is 504. The van der Waals surface area contributed by atoms with Crippen molar-refractivity contribution in [2.24, 2.45) is 5.92 Å². The lowest BCUT2D eigenvalue weighted by atomic mass is 10.2. The molecule has 4 nitrogen and oxygen atoms in total. The first-order chi connectivity index (χ1) is 7.58. The SMILES string of the molecule is Cc1cnc2c(NCC(C)C)cc(Cl)nn12. The first-order valence-electron chi connectivity index (χ1n) is 5.32. The molecule has 86 valence electrons. The Labute approximate surface area is 99.6 Å². The van der Waals surface area contributed by atoms with Gasteiger partial charge in [-0.1, -0.05) is 25.4 Å². The van der Waals surface area contributed by atoms with Crippen molar-refractivity contribution in [3.8, 4) is 0 Å². The van der Waals surface area contributed by atoms with Crippen LogP contribution in [0.5, 0.6) is 0 Å². The van der Waals surface area contributed by atoms with Crippen LogP contribution in [0.15, 0.2) is 12.3 Å². The molecule has 2 aromatic heterocycles. The van der Waals surface area contributed by atoms with E-state index in [2.05, 4.69) is 29.2 Å². The minimum Gasteiger partial charge on any atom is -0.382 e. The van der Waals surface area contributed by atoms with Crippen molar-refractivity contribution >= 4 is 22.9 Å². The molecule has 0 aromatic carbocycles. The van der Waals surface area contributed by atoms with Crippen LogP contribution in [0.2, 0.25) is 5.15 Å². The highest BCUT2D eigenvalue weighted by Crippen LogP contribution is 2.20. The van der Waals surface area contributed by atoms with Gasteiger partial charge in [0.05, 0.1) is 17.6 Å². The molecule has 1 N–H and O–H groups in total. The van der Waals surface area contributed by atoms with Gasteiger partial charge in [0.1, 0.15) is 0 Å². The predicted octanol–water partition coefficient (Wildman–Crippen LogP) is 2.76. The molecule has 0 unspecified atom stereocenters. The monoisotopic (exact) mass is 238 g/mol. The number of hydrogen-bond acceptors (Lipinski definition) is 3. The Morgan fingerprint density at radius 3 is 2.94 bits per heavy atom. The van der Waals surface area contributed by atoms with Crippen molar-refractivity contribution in [3.63, 3.8) is 0 Å². The zero-order valence-corrected chi connectivity index (χ0v) is 10.4. The van der Waals surface area contributed by atoms with Crippen molar-refractivity contribution in [2.75, 3.05) is 11.9 Å². The Hall–Kier alpha value is -1.29. The Morgan fingerprint density at radius 1 is 1.50 bits per heavy atom. The second kappa shape index (κ2) is 4.29. The number of aryl methyl sites for hydroxylation is 1. The van der Waals surface area contributed by atoms with E-state index >= 15 is 0 Å². The van der Waals surface area contributed by atoms with Crippen LogP contribution in [0.1, 0.15) is 19.5 Å². The zero-order valence-electron chi connectivity index (χ0n) is 9.66. The maximum atomic E-state index is 5.97. The molecule has 0 aliphatic heterocycles. The highest BCUT2D eigenvalue weighted by atomic mass is 35.5. The van der Waals surface area contributed by atoms with Crippen molar-refractivity contribution in [1.29, 1.82) is 0 Å². The summed E-state index contributed by atoms with van der Waals surface area (Å²) in [5.74, 6) is 0.572. The van der Waals surface area contributed by atoms with Gasteiger partial charge < -0.3 is 5.32 Å². The van der Waals surface area contributed by atoms with Gasteiger partial charge in [0.15, 0.2) is 10.8 Å². The van der Waals surface area contributed by atoms with Gasteiger partial charge in [-0.3, -0.25) is 0 Å². The fourth-order valence-electron chi connectivity index (χ4n) is 1.49. The second-order valence-corrected chi connectivity index (χ2v) is 4.68. The topological polar surface area (TPSA) is 42.2 Å². The smallest absolute Gasteiger partial charge is 0.177 e. The maximum absolute atomic E-state index is 5.97. The van der Waals surface area contributed by atoms with E-state index in [0.717, 1.165) is 23.6 Å². The number of fused-ring (bicyclic) bond motifs is 1. The lowest BCUT2D eigenvalue weighted by Gasteiger charge is -2.10. The molecule has 0 saturated heterocycles. The summed E-state index contributed by atoms with van der Waals surface area (Å²) in [7, 11) is 0. The molecule has 0 bridgehead atoms. The minimum atomic E-state index is 0.472. The number of rotatable bonds is 3. The van der Waals surface area contributed by atoms with Gasteiger partial charge in [0, 0.05) is 12.6 Å². The third kappa shape index (κ3) is 2.11. The van der Waals surface area contributed by atoms with Crippen molar-refractivity contribution in [2.45, 2.75) is 20.8 Å². The first kappa shape index (κ1) is 11.2. The van der Waals surface area contributed by atoms with Gasteiger partial charge in [-0.15, -0.1) is 0 Å². The molecule has 2 aromatic rings. The summed E-state index contributed by atoms with van der Waals surface area (Å²) in [5.41, 5.74) is 2.73. The van der Waals surface area contributed by atoms with E-state index in [1.165, 1.54) is 0 Å². The third-order valence-electron chi connectivity index (χ3n) is 2.31. The average Bonchev–Trinajstić information content (AvgIpc) is 2.57. The normalized spacial score (nSPS) is 11.3. The minimum absolute atomic E-state index is 0.472. The molecule has 0 atom stereocenters. The fourth-order valence-corrected chi connectivity index (χ4v) is 1.68. The maximum Gasteiger partial charge on any atom is 0.177 e. The van der Waals surface area contributed by atoms with E-state index in [-0.39, 0.29) is 0 Å². The predicted molar refractivity (Wildman–Crippen MR) is 66.1 cm³/mol. The van der Waals surface area contributed by atoms with E-state index in [0.29, 0.717) is 11.1 Å². The molecule has 0 aliphatic carbocycles. The van der Waals surface area contributed by atoms with Gasteiger partial charge in [0.25, 0.3) is 0 Å². The van der Waals surface area contributed by atoms with Crippen LogP contribution >= 0.6 is 11.6 Å². The molecule has 5 heteroatoms. The van der Waals surface area contributed by atoms with Gasteiger partial charge in [0.2, 0.25) is 0 Å². The van der Waals surface area contributed by atoms with Crippen LogP contribution in [0.3, 0.4) is 0 Å². The molecular formula is C11H15ClN4. The molecule has 0 amide bonds. The van der Waals surface area contributed by atoms with Gasteiger partial charge >= 0.3 is 0 Å². The Morgan fingerprint density at radius 2 is 2.25 bits per heavy atom. The van der Waals surface area contributed by atoms with Crippen LogP contribution in [0.4, 0.5) is 5.69 Å². The largest absolute Gasteiger partial charge is 0.382 e. The third-order valence-corrected chi connectivity index (χ3v) is 2.49. The van der Waals surface area contributed by atoms with Gasteiger partial charge in [-0.05, 0) is 12.8 Å². The summed E-state index contributed by atoms with van der Waals surface area (Å²) in [5, 5.41) is 8.01. The van der Waals surface area contributed by atoms with E-state index in [4.69, 9.17) is 11.6 Å². The summed E-state index contributed by atoms with van der Waals surface area (Å²) < 4.78 is 1.75. The number of imidazole rings is 1. The average molecular weight is 239 g/mol. The Balaban J connectivity index is 2.43. The second-order valence-electron chi connectivity index (χ2n) is 4.29. The molecule has 0 radical (unpaired) electrons. The summed E-state index contributed by atoms with van der Waals surface area (Å²) in [6, 6.07) is 1.81. The molecule has 0 saturated carbocycles. The standard InChI is InChI=1S/C11H15ClN4/c1-7(2)5-13-9-4-10(12)15-16-8(3)6-14-11(9)16/h4,6-7,13H,5H2,1-3H3. The highest BCUT2D eigenvalue weighted by Gasteiger charge is 2.08. The summed E-state index contributed by atoms with van der Waals surface area (Å²) >= 11 is 5.97. The molecule has 2 rings (SSSR count). The van der Waals surface area contributed by atoms with Crippen molar-refractivity contribution in [3.05, 3.63) is 23.1 Å². The lowest BCUT2D eigenvalue weighted by molar-refractivity contribution is 0.688. The Kier molecular flexibility index (Phi) is 3.01. The molecular weight excluding hydrogens is 224 g/mol. The van der Waals surface area contributed by atoms with Crippen LogP contribution in [0, 0.1) is 12.8 Å². The first-order valence-corrected chi connectivity index (χ1v) is 5.70. The molecule has 0 aliphatic rings. The zero-order chi connectivity index (χ0) is 11.7. The van der Waals surface area contributed by atoms with Crippen molar-refractivity contribution < 1.29 is 0 Å². The number of anilines is 1. The molecule has 16 heavy (non-hydrogen) atoms. The quantitative estimate of drug-likeness (QED) is 0.894. The number of aromatic nitrogens is 3. The van der Waals surface area contributed by atoms with Gasteiger partial charge in [-0.25, -0.2) is 9.50 Å². The highest BCUT2D eigenvalue weighted by molar-refractivity contribution is 6.29. The van der Waals surface area contributed by atoms with Gasteiger partial charge in [-0.2, -0.15) is 5.10 Å². The number of nitrogens with zero attached hydrogens (tertiary/aromatic N) is 3. The summed E-state index contributed by atoms with van der Waals surface area (Å²) in [6.07, 6.45) is 1.79. The summed E-state index contributed by atoms with van der Waals surface area (Å²) in [6.45, 7) is 7.16. The number of hydrogen-bond donors (Lipinski definition) is 1. The van der Waals surface area contributed by atoms with Crippen LogP contribution < -0.4 is 5.32 Å². The van der Waals surface area contributed by atoms with Crippen LogP contribution in [-0.2, 0) is 0 Å². The van der Waals surface area contributed by atoms with E-state index in [1.54, 1.807) is 10.7 Å². The number of halogens is 1. The van der Waals surface area contributed by atoms with Crippen molar-refractivity contribution in [1.82, 2.24) is 14.6 Å². The van der Waals surface area contributed by atoms with E-state index in [9.17, 15) is 0 Å². The van der Waals surface area contributed by atoms with E-state index in [1.807, 2.05) is 13.0 Å². The van der Waals surface area contributed by atoms with Crippen LogP contribution in [0.25, 0.3) is 5.65 Å².